The summed E-state index contributed by atoms with van der Waals surface area (Å²) in [5, 5.41) is 13.6. The number of pyridine rings is 1. The van der Waals surface area contributed by atoms with Crippen LogP contribution in [0.2, 0.25) is 0 Å². The molecule has 0 amide bonds. The number of fused-ring (bicyclic) bond motifs is 1. The first kappa shape index (κ1) is 21.2. The number of nitriles is 1. The second-order valence-electron chi connectivity index (χ2n) is 8.74. The van der Waals surface area contributed by atoms with Gasteiger partial charge in [-0.1, -0.05) is 18.2 Å². The van der Waals surface area contributed by atoms with Gasteiger partial charge in [-0.05, 0) is 80.5 Å². The van der Waals surface area contributed by atoms with Gasteiger partial charge in [0.1, 0.15) is 11.5 Å². The molecule has 0 spiro atoms. The number of likely N-dealkylation sites (tertiary alicyclic amines) is 1. The number of hydrogen-bond acceptors (Lipinski definition) is 4. The van der Waals surface area contributed by atoms with Gasteiger partial charge < -0.3 is 15.2 Å². The summed E-state index contributed by atoms with van der Waals surface area (Å²) < 4.78 is 15.0. The van der Waals surface area contributed by atoms with Crippen LogP contribution < -0.4 is 5.32 Å². The Morgan fingerprint density at radius 2 is 1.94 bits per heavy atom. The van der Waals surface area contributed by atoms with Gasteiger partial charge in [0.2, 0.25) is 0 Å². The number of aromatic nitrogens is 2. The van der Waals surface area contributed by atoms with Crippen molar-refractivity contribution in [2.24, 2.45) is 0 Å². The zero-order valence-corrected chi connectivity index (χ0v) is 18.6. The van der Waals surface area contributed by atoms with Crippen molar-refractivity contribution in [1.29, 1.82) is 5.26 Å². The van der Waals surface area contributed by atoms with Gasteiger partial charge in [-0.25, -0.2) is 9.37 Å². The summed E-state index contributed by atoms with van der Waals surface area (Å²) in [5.74, 6) is 0.203. The van der Waals surface area contributed by atoms with Crippen LogP contribution in [0.4, 0.5) is 10.1 Å². The Balaban J connectivity index is 1.45. The van der Waals surface area contributed by atoms with Crippen molar-refractivity contribution in [1.82, 2.24) is 14.9 Å². The fourth-order valence-corrected chi connectivity index (χ4v) is 4.64. The summed E-state index contributed by atoms with van der Waals surface area (Å²) in [4.78, 5) is 10.3. The van der Waals surface area contributed by atoms with E-state index in [1.165, 1.54) is 11.8 Å². The third-order valence-corrected chi connectivity index (χ3v) is 6.59. The lowest BCUT2D eigenvalue weighted by molar-refractivity contribution is 0.254. The second-order valence-corrected chi connectivity index (χ2v) is 8.74. The maximum atomic E-state index is 15.0. The standard InChI is InChI=1S/C27H26FN5/c1-33-12-9-18(10-13-33)26-15-24-22(8-11-30-27(24)32-26)23-14-21(6-7-25(23)28)31-17-20-5-3-2-4-19(20)16-29/h2-8,11,14-15,18,31H,9-10,12-13,17H2,1H3,(H,30,32). The van der Waals surface area contributed by atoms with Crippen LogP contribution in [0.3, 0.4) is 0 Å². The number of anilines is 1. The van der Waals surface area contributed by atoms with Gasteiger partial charge in [0.15, 0.2) is 0 Å². The van der Waals surface area contributed by atoms with Crippen LogP contribution in [-0.2, 0) is 6.54 Å². The number of halogens is 1. The Hall–Kier alpha value is -3.69. The Morgan fingerprint density at radius 3 is 2.76 bits per heavy atom. The molecule has 5 rings (SSSR count). The van der Waals surface area contributed by atoms with Crippen molar-refractivity contribution < 1.29 is 4.39 Å². The van der Waals surface area contributed by atoms with E-state index >= 15 is 0 Å². The lowest BCUT2D eigenvalue weighted by Gasteiger charge is -2.28. The summed E-state index contributed by atoms with van der Waals surface area (Å²) >= 11 is 0. The minimum Gasteiger partial charge on any atom is -0.381 e. The van der Waals surface area contributed by atoms with Gasteiger partial charge in [-0.2, -0.15) is 5.26 Å². The smallest absolute Gasteiger partial charge is 0.138 e. The third kappa shape index (κ3) is 4.33. The van der Waals surface area contributed by atoms with E-state index in [2.05, 4.69) is 39.4 Å². The fourth-order valence-electron chi connectivity index (χ4n) is 4.64. The minimum absolute atomic E-state index is 0.271. The molecule has 5 nitrogen and oxygen atoms in total. The van der Waals surface area contributed by atoms with Crippen molar-refractivity contribution in [3.05, 3.63) is 83.4 Å². The first-order valence-electron chi connectivity index (χ1n) is 11.3. The van der Waals surface area contributed by atoms with Gasteiger partial charge in [-0.15, -0.1) is 0 Å². The van der Waals surface area contributed by atoms with Gasteiger partial charge in [0, 0.05) is 41.0 Å². The number of nitrogens with zero attached hydrogens (tertiary/aromatic N) is 3. The predicted octanol–water partition coefficient (Wildman–Crippen LogP) is 5.66. The molecular weight excluding hydrogens is 413 g/mol. The predicted molar refractivity (Wildman–Crippen MR) is 129 cm³/mol. The first-order valence-corrected chi connectivity index (χ1v) is 11.3. The fraction of sp³-hybridized carbons (Fsp3) is 0.259. The van der Waals surface area contributed by atoms with E-state index in [0.717, 1.165) is 53.8 Å². The zero-order chi connectivity index (χ0) is 22.8. The van der Waals surface area contributed by atoms with Crippen LogP contribution in [-0.4, -0.2) is 35.0 Å². The molecule has 3 heterocycles. The Bertz CT molecular complexity index is 1330. The Morgan fingerprint density at radius 1 is 1.12 bits per heavy atom. The average molecular weight is 440 g/mol. The third-order valence-electron chi connectivity index (χ3n) is 6.59. The number of benzene rings is 2. The molecule has 0 saturated carbocycles. The molecule has 0 aliphatic carbocycles. The molecule has 0 unspecified atom stereocenters. The van der Waals surface area contributed by atoms with Crippen LogP contribution >= 0.6 is 0 Å². The molecule has 33 heavy (non-hydrogen) atoms. The highest BCUT2D eigenvalue weighted by Gasteiger charge is 2.21. The topological polar surface area (TPSA) is 67.7 Å². The normalized spacial score (nSPS) is 14.9. The molecule has 1 aliphatic heterocycles. The molecule has 1 saturated heterocycles. The van der Waals surface area contributed by atoms with E-state index in [1.54, 1.807) is 18.3 Å². The van der Waals surface area contributed by atoms with Crippen molar-refractivity contribution in [2.75, 3.05) is 25.5 Å². The molecule has 6 heteroatoms. The SMILES string of the molecule is CN1CCC(c2cc3c(-c4cc(NCc5ccccc5C#N)ccc4F)ccnc3[nH]2)CC1. The summed E-state index contributed by atoms with van der Waals surface area (Å²) in [5.41, 5.74) is 5.68. The molecule has 0 atom stereocenters. The highest BCUT2D eigenvalue weighted by Crippen LogP contribution is 2.35. The quantitative estimate of drug-likeness (QED) is 0.421. The molecule has 1 aliphatic rings. The van der Waals surface area contributed by atoms with Crippen LogP contribution in [0.1, 0.15) is 35.6 Å². The lowest BCUT2D eigenvalue weighted by atomic mass is 9.93. The summed E-state index contributed by atoms with van der Waals surface area (Å²) in [6, 6.07) is 18.8. The highest BCUT2D eigenvalue weighted by atomic mass is 19.1. The molecule has 2 aromatic heterocycles. The lowest BCUT2D eigenvalue weighted by Crippen LogP contribution is -2.29. The van der Waals surface area contributed by atoms with Crippen LogP contribution in [0.15, 0.2) is 60.8 Å². The average Bonchev–Trinajstić information content (AvgIpc) is 3.29. The largest absolute Gasteiger partial charge is 0.381 e. The summed E-state index contributed by atoms with van der Waals surface area (Å²) in [6.45, 7) is 2.65. The number of aromatic amines is 1. The van der Waals surface area contributed by atoms with Crippen LogP contribution in [0.25, 0.3) is 22.2 Å². The minimum atomic E-state index is -0.271. The number of H-pyrrole nitrogens is 1. The van der Waals surface area contributed by atoms with Crippen LogP contribution in [0, 0.1) is 17.1 Å². The van der Waals surface area contributed by atoms with Crippen molar-refractivity contribution in [3.63, 3.8) is 0 Å². The van der Waals surface area contributed by atoms with E-state index in [0.29, 0.717) is 23.6 Å². The van der Waals surface area contributed by atoms with Gasteiger partial charge >= 0.3 is 0 Å². The molecule has 166 valence electrons. The zero-order valence-electron chi connectivity index (χ0n) is 18.6. The summed E-state index contributed by atoms with van der Waals surface area (Å²) in [7, 11) is 2.16. The second kappa shape index (κ2) is 9.05. The van der Waals surface area contributed by atoms with Gasteiger partial charge in [0.05, 0.1) is 11.6 Å². The maximum absolute atomic E-state index is 15.0. The monoisotopic (exact) mass is 439 g/mol. The van der Waals surface area contributed by atoms with Gasteiger partial charge in [0.25, 0.3) is 0 Å². The van der Waals surface area contributed by atoms with E-state index in [-0.39, 0.29) is 5.82 Å². The molecule has 2 aromatic carbocycles. The molecule has 0 bridgehead atoms. The summed E-state index contributed by atoms with van der Waals surface area (Å²) in [6.07, 6.45) is 3.95. The Labute approximate surface area is 192 Å². The van der Waals surface area contributed by atoms with E-state index < -0.39 is 0 Å². The van der Waals surface area contributed by atoms with Crippen LogP contribution in [0.5, 0.6) is 0 Å². The van der Waals surface area contributed by atoms with Gasteiger partial charge in [-0.3, -0.25) is 0 Å². The highest BCUT2D eigenvalue weighted by molar-refractivity contribution is 5.94. The number of nitrogens with one attached hydrogen (secondary N) is 2. The molecule has 4 aromatic rings. The number of hydrogen-bond donors (Lipinski definition) is 2. The van der Waals surface area contributed by atoms with E-state index in [1.807, 2.05) is 30.3 Å². The van der Waals surface area contributed by atoms with Crippen molar-refractivity contribution in [3.8, 4) is 17.2 Å². The molecule has 1 fully saturated rings. The van der Waals surface area contributed by atoms with E-state index in [4.69, 9.17) is 0 Å². The molecule has 0 radical (unpaired) electrons. The maximum Gasteiger partial charge on any atom is 0.138 e. The number of piperidine rings is 1. The number of rotatable bonds is 5. The van der Waals surface area contributed by atoms with E-state index in [9.17, 15) is 9.65 Å². The van der Waals surface area contributed by atoms with Crippen molar-refractivity contribution >= 4 is 16.7 Å². The molecule has 2 N–H and O–H groups in total. The Kier molecular flexibility index (Phi) is 5.80. The first-order chi connectivity index (χ1) is 16.1. The van der Waals surface area contributed by atoms with Crippen molar-refractivity contribution in [2.45, 2.75) is 25.3 Å². The molecular formula is C27H26FN5.